The predicted octanol–water partition coefficient (Wildman–Crippen LogP) is 3.30. The van der Waals surface area contributed by atoms with Crippen LogP contribution >= 0.6 is 27.3 Å². The molecule has 180 valence electrons. The fraction of sp³-hybridized carbons (Fsp3) is 0.240. The topological polar surface area (TPSA) is 88.4 Å². The number of hydrogen-bond acceptors (Lipinski definition) is 8. The summed E-state index contributed by atoms with van der Waals surface area (Å²) in [6.45, 7) is 3.82. The van der Waals surface area contributed by atoms with Crippen LogP contribution in [0, 0.1) is 0 Å². The molecule has 0 radical (unpaired) electrons. The van der Waals surface area contributed by atoms with Crippen molar-refractivity contribution in [1.82, 2.24) is 4.57 Å². The van der Waals surface area contributed by atoms with Gasteiger partial charge < -0.3 is 18.9 Å². The number of aromatic nitrogens is 1. The summed E-state index contributed by atoms with van der Waals surface area (Å²) in [7, 11) is 1.58. The second-order valence-electron chi connectivity index (χ2n) is 7.80. The van der Waals surface area contributed by atoms with Crippen LogP contribution in [0.2, 0.25) is 0 Å². The Morgan fingerprint density at radius 1 is 1.26 bits per heavy atom. The number of benzene rings is 2. The van der Waals surface area contributed by atoms with Gasteiger partial charge in [0, 0.05) is 10.0 Å². The lowest BCUT2D eigenvalue weighted by Gasteiger charge is -2.24. The van der Waals surface area contributed by atoms with E-state index in [-0.39, 0.29) is 19.0 Å². The lowest BCUT2D eigenvalue weighted by molar-refractivity contribution is -0.139. The fourth-order valence-corrected chi connectivity index (χ4v) is 5.57. The average Bonchev–Trinajstić information content (AvgIpc) is 3.42. The maximum absolute atomic E-state index is 13.8. The van der Waals surface area contributed by atoms with Gasteiger partial charge in [-0.3, -0.25) is 9.36 Å². The molecular formula is C25H21BrN2O6S. The van der Waals surface area contributed by atoms with Crippen molar-refractivity contribution in [1.29, 1.82) is 0 Å². The van der Waals surface area contributed by atoms with Crippen LogP contribution in [-0.2, 0) is 9.53 Å². The van der Waals surface area contributed by atoms with Gasteiger partial charge in [0.05, 0.1) is 35.6 Å². The Kier molecular flexibility index (Phi) is 6.24. The highest BCUT2D eigenvalue weighted by molar-refractivity contribution is 9.10. The summed E-state index contributed by atoms with van der Waals surface area (Å²) in [4.78, 5) is 31.9. The third-order valence-electron chi connectivity index (χ3n) is 5.71. The zero-order valence-electron chi connectivity index (χ0n) is 19.2. The molecule has 0 aliphatic carbocycles. The SMILES string of the molecule is CCOC(=O)C1=C(C)N=c2s/c(=C/c3cc(Br)ccc3OC)c(=O)n2[C@@H]1c1ccc2c(c1)OCO2. The first kappa shape index (κ1) is 23.4. The van der Waals surface area contributed by atoms with Gasteiger partial charge in [-0.05, 0) is 55.8 Å². The molecule has 3 aromatic rings. The van der Waals surface area contributed by atoms with Gasteiger partial charge >= 0.3 is 5.97 Å². The first-order valence-corrected chi connectivity index (χ1v) is 12.4. The predicted molar refractivity (Wildman–Crippen MR) is 134 cm³/mol. The first-order chi connectivity index (χ1) is 16.9. The number of halogens is 1. The molecule has 0 amide bonds. The van der Waals surface area contributed by atoms with E-state index in [0.29, 0.717) is 43.4 Å². The van der Waals surface area contributed by atoms with E-state index in [9.17, 15) is 9.59 Å². The minimum Gasteiger partial charge on any atom is -0.496 e. The Hall–Kier alpha value is -3.37. The summed E-state index contributed by atoms with van der Waals surface area (Å²) in [5.41, 5.74) is 1.98. The van der Waals surface area contributed by atoms with Gasteiger partial charge in [0.1, 0.15) is 5.75 Å². The van der Waals surface area contributed by atoms with Crippen LogP contribution in [0.4, 0.5) is 0 Å². The largest absolute Gasteiger partial charge is 0.496 e. The lowest BCUT2D eigenvalue weighted by Crippen LogP contribution is -2.39. The summed E-state index contributed by atoms with van der Waals surface area (Å²) in [6, 6.07) is 10.2. The van der Waals surface area contributed by atoms with E-state index < -0.39 is 12.0 Å². The molecule has 0 saturated heterocycles. The zero-order valence-corrected chi connectivity index (χ0v) is 21.6. The molecule has 1 atom stereocenters. The summed E-state index contributed by atoms with van der Waals surface area (Å²) >= 11 is 4.72. The second-order valence-corrected chi connectivity index (χ2v) is 9.73. The van der Waals surface area contributed by atoms with E-state index in [2.05, 4.69) is 20.9 Å². The number of fused-ring (bicyclic) bond motifs is 2. The van der Waals surface area contributed by atoms with Crippen LogP contribution in [-0.4, -0.2) is 31.0 Å². The molecule has 0 bridgehead atoms. The number of rotatable bonds is 5. The zero-order chi connectivity index (χ0) is 24.7. The minimum atomic E-state index is -0.730. The molecule has 8 nitrogen and oxygen atoms in total. The van der Waals surface area contributed by atoms with Crippen molar-refractivity contribution in [2.24, 2.45) is 4.99 Å². The number of carbonyl (C=O) groups excluding carboxylic acids is 1. The van der Waals surface area contributed by atoms with Gasteiger partial charge in [-0.15, -0.1) is 0 Å². The Morgan fingerprint density at radius 3 is 2.83 bits per heavy atom. The molecule has 0 unspecified atom stereocenters. The van der Waals surface area contributed by atoms with Crippen LogP contribution in [0.15, 0.2) is 61.9 Å². The second kappa shape index (κ2) is 9.35. The van der Waals surface area contributed by atoms with Crippen molar-refractivity contribution in [3.63, 3.8) is 0 Å². The number of hydrogen-bond donors (Lipinski definition) is 0. The number of ether oxygens (including phenoxy) is 4. The van der Waals surface area contributed by atoms with Crippen molar-refractivity contribution in [2.75, 3.05) is 20.5 Å². The quantitative estimate of drug-likeness (QED) is 0.448. The Labute approximate surface area is 212 Å². The fourth-order valence-electron chi connectivity index (χ4n) is 4.15. The smallest absolute Gasteiger partial charge is 0.338 e. The number of nitrogens with zero attached hydrogens (tertiary/aromatic N) is 2. The molecule has 1 aromatic heterocycles. The molecule has 2 aliphatic heterocycles. The van der Waals surface area contributed by atoms with E-state index in [1.165, 1.54) is 15.9 Å². The standard InChI is InChI=1S/C25H21BrN2O6S/c1-4-32-24(30)21-13(2)27-25-28(22(21)14-5-7-18-19(10-14)34-12-33-18)23(29)20(35-25)11-15-9-16(26)6-8-17(15)31-3/h5-11,22H,4,12H2,1-3H3/b20-11+/t22-/m1/s1. The molecule has 2 aliphatic rings. The highest BCUT2D eigenvalue weighted by atomic mass is 79.9. The number of allylic oxidation sites excluding steroid dienone is 1. The minimum absolute atomic E-state index is 0.121. The Morgan fingerprint density at radius 2 is 2.06 bits per heavy atom. The average molecular weight is 557 g/mol. The van der Waals surface area contributed by atoms with Crippen LogP contribution < -0.4 is 29.1 Å². The van der Waals surface area contributed by atoms with Gasteiger partial charge in [0.15, 0.2) is 16.3 Å². The summed E-state index contributed by atoms with van der Waals surface area (Å²) in [5, 5.41) is 0. The van der Waals surface area contributed by atoms with E-state index in [4.69, 9.17) is 18.9 Å². The van der Waals surface area contributed by atoms with Crippen molar-refractivity contribution in [3.05, 3.63) is 83.0 Å². The Bertz CT molecular complexity index is 1550. The van der Waals surface area contributed by atoms with Gasteiger partial charge in [-0.25, -0.2) is 9.79 Å². The molecule has 2 aromatic carbocycles. The molecule has 35 heavy (non-hydrogen) atoms. The number of thiazole rings is 1. The Balaban J connectivity index is 1.74. The molecule has 3 heterocycles. The van der Waals surface area contributed by atoms with Crippen LogP contribution in [0.25, 0.3) is 6.08 Å². The van der Waals surface area contributed by atoms with Gasteiger partial charge in [0.2, 0.25) is 6.79 Å². The summed E-state index contributed by atoms with van der Waals surface area (Å²) in [6.07, 6.45) is 1.77. The normalized spacial score (nSPS) is 16.7. The lowest BCUT2D eigenvalue weighted by atomic mass is 9.95. The monoisotopic (exact) mass is 556 g/mol. The van der Waals surface area contributed by atoms with E-state index >= 15 is 0 Å². The van der Waals surface area contributed by atoms with Crippen LogP contribution in [0.1, 0.15) is 31.0 Å². The molecular weight excluding hydrogens is 536 g/mol. The number of methoxy groups -OCH3 is 1. The molecule has 0 saturated carbocycles. The third-order valence-corrected chi connectivity index (χ3v) is 7.18. The van der Waals surface area contributed by atoms with E-state index in [1.807, 2.05) is 24.3 Å². The van der Waals surface area contributed by atoms with Crippen molar-refractivity contribution < 1.29 is 23.7 Å². The first-order valence-electron chi connectivity index (χ1n) is 10.8. The van der Waals surface area contributed by atoms with Crippen LogP contribution in [0.5, 0.6) is 17.2 Å². The third kappa shape index (κ3) is 4.17. The number of esters is 1. The highest BCUT2D eigenvalue weighted by Crippen LogP contribution is 2.38. The van der Waals surface area contributed by atoms with E-state index in [0.717, 1.165) is 10.0 Å². The summed E-state index contributed by atoms with van der Waals surface area (Å²) in [5.74, 6) is 1.29. The molecule has 0 spiro atoms. The maximum atomic E-state index is 13.8. The van der Waals surface area contributed by atoms with E-state index in [1.54, 1.807) is 39.2 Å². The maximum Gasteiger partial charge on any atom is 0.338 e. The summed E-state index contributed by atoms with van der Waals surface area (Å²) < 4.78 is 24.7. The van der Waals surface area contributed by atoms with Crippen molar-refractivity contribution in [2.45, 2.75) is 19.9 Å². The van der Waals surface area contributed by atoms with Gasteiger partial charge in [-0.1, -0.05) is 33.3 Å². The van der Waals surface area contributed by atoms with Gasteiger partial charge in [-0.2, -0.15) is 0 Å². The molecule has 0 N–H and O–H groups in total. The number of carbonyl (C=O) groups is 1. The van der Waals surface area contributed by atoms with Crippen molar-refractivity contribution >= 4 is 39.3 Å². The molecule has 0 fully saturated rings. The molecule has 5 rings (SSSR count). The highest BCUT2D eigenvalue weighted by Gasteiger charge is 2.34. The van der Waals surface area contributed by atoms with Gasteiger partial charge in [0.25, 0.3) is 5.56 Å². The molecule has 10 heteroatoms. The van der Waals surface area contributed by atoms with Crippen molar-refractivity contribution in [3.8, 4) is 17.2 Å². The van der Waals surface area contributed by atoms with Crippen LogP contribution in [0.3, 0.4) is 0 Å².